The molecule has 0 atom stereocenters. The highest BCUT2D eigenvalue weighted by Crippen LogP contribution is 2.20. The fourth-order valence-corrected chi connectivity index (χ4v) is 0.759. The Morgan fingerprint density at radius 3 is 1.92 bits per heavy atom. The summed E-state index contributed by atoms with van der Waals surface area (Å²) in [6.07, 6.45) is 5.42. The highest BCUT2D eigenvalue weighted by molar-refractivity contribution is 5.29. The van der Waals surface area contributed by atoms with E-state index in [2.05, 4.69) is 13.2 Å². The summed E-state index contributed by atoms with van der Waals surface area (Å²) >= 11 is 0. The second kappa shape index (κ2) is 7.81. The molecular weight excluding hydrogens is 160 g/mol. The van der Waals surface area contributed by atoms with Gasteiger partial charge in [-0.1, -0.05) is 45.2 Å². The Kier molecular flexibility index (Phi) is 8.83. The monoisotopic (exact) mass is 182 g/mol. The molecule has 0 fully saturated rings. The molecule has 0 rings (SSSR count). The van der Waals surface area contributed by atoms with E-state index >= 15 is 0 Å². The standard InChI is InChI=1S/C10H16O.C2H6/c1-6-8-9(7-2)10(3,4)11-5;1-2/h6-8H,1-2H2,3-5H3;1-2H3/b9-8+;. The van der Waals surface area contributed by atoms with E-state index in [1.54, 1.807) is 19.3 Å². The van der Waals surface area contributed by atoms with Gasteiger partial charge in [0.25, 0.3) is 0 Å². The van der Waals surface area contributed by atoms with Crippen LogP contribution in [0.25, 0.3) is 0 Å². The average molecular weight is 182 g/mol. The maximum atomic E-state index is 5.26. The smallest absolute Gasteiger partial charge is 0.0871 e. The molecule has 0 saturated carbocycles. The minimum Gasteiger partial charge on any atom is -0.374 e. The molecule has 0 amide bonds. The van der Waals surface area contributed by atoms with Crippen molar-refractivity contribution < 1.29 is 4.74 Å². The molecule has 0 unspecified atom stereocenters. The topological polar surface area (TPSA) is 9.23 Å². The van der Waals surface area contributed by atoms with Crippen LogP contribution in [-0.4, -0.2) is 12.7 Å². The second-order valence-electron chi connectivity index (χ2n) is 2.78. The molecule has 0 aliphatic rings. The van der Waals surface area contributed by atoms with Gasteiger partial charge in [-0.2, -0.15) is 0 Å². The number of rotatable bonds is 4. The third-order valence-corrected chi connectivity index (χ3v) is 1.72. The molecule has 0 radical (unpaired) electrons. The van der Waals surface area contributed by atoms with Gasteiger partial charge in [0.05, 0.1) is 5.60 Å². The molecule has 1 heteroatoms. The zero-order chi connectivity index (χ0) is 10.9. The summed E-state index contributed by atoms with van der Waals surface area (Å²) in [5, 5.41) is 0. The van der Waals surface area contributed by atoms with Crippen LogP contribution < -0.4 is 0 Å². The van der Waals surface area contributed by atoms with Crippen molar-refractivity contribution in [3.05, 3.63) is 37.0 Å². The number of hydrogen-bond donors (Lipinski definition) is 0. The average Bonchev–Trinajstić information content (AvgIpc) is 2.17. The van der Waals surface area contributed by atoms with Crippen LogP contribution in [0.2, 0.25) is 0 Å². The summed E-state index contributed by atoms with van der Waals surface area (Å²) in [5.41, 5.74) is 0.769. The molecule has 0 aromatic carbocycles. The highest BCUT2D eigenvalue weighted by atomic mass is 16.5. The Balaban J connectivity index is 0. The summed E-state index contributed by atoms with van der Waals surface area (Å²) < 4.78 is 5.26. The number of hydrogen-bond acceptors (Lipinski definition) is 1. The van der Waals surface area contributed by atoms with Gasteiger partial charge in [0.15, 0.2) is 0 Å². The first-order chi connectivity index (χ1) is 6.08. The molecule has 0 saturated heterocycles. The minimum absolute atomic E-state index is 0.268. The quantitative estimate of drug-likeness (QED) is 0.602. The first-order valence-corrected chi connectivity index (χ1v) is 4.59. The molecule has 0 N–H and O–H groups in total. The molecule has 0 aromatic heterocycles. The van der Waals surface area contributed by atoms with Gasteiger partial charge in [-0.15, -0.1) is 0 Å². The Morgan fingerprint density at radius 1 is 1.23 bits per heavy atom. The van der Waals surface area contributed by atoms with Crippen LogP contribution in [0.1, 0.15) is 27.7 Å². The van der Waals surface area contributed by atoms with E-state index < -0.39 is 0 Å². The van der Waals surface area contributed by atoms with Crippen LogP contribution in [0.5, 0.6) is 0 Å². The lowest BCUT2D eigenvalue weighted by molar-refractivity contribution is 0.0581. The van der Waals surface area contributed by atoms with Crippen molar-refractivity contribution >= 4 is 0 Å². The molecule has 0 heterocycles. The maximum absolute atomic E-state index is 5.26. The molecular formula is C12H22O. The SMILES string of the molecule is C=C/C=C(\C=C)C(C)(C)OC.CC. The van der Waals surface area contributed by atoms with Gasteiger partial charge in [-0.3, -0.25) is 0 Å². The largest absolute Gasteiger partial charge is 0.374 e. The lowest BCUT2D eigenvalue weighted by atomic mass is 9.97. The number of methoxy groups -OCH3 is 1. The highest BCUT2D eigenvalue weighted by Gasteiger charge is 2.18. The second-order valence-corrected chi connectivity index (χ2v) is 2.78. The van der Waals surface area contributed by atoms with Gasteiger partial charge in [0, 0.05) is 7.11 Å². The third kappa shape index (κ3) is 5.42. The molecule has 76 valence electrons. The summed E-state index contributed by atoms with van der Waals surface area (Å²) in [6.45, 7) is 15.3. The van der Waals surface area contributed by atoms with E-state index in [-0.39, 0.29) is 5.60 Å². The fraction of sp³-hybridized carbons (Fsp3) is 0.500. The van der Waals surface area contributed by atoms with Crippen molar-refractivity contribution in [3.63, 3.8) is 0 Å². The van der Waals surface area contributed by atoms with Gasteiger partial charge in [-0.05, 0) is 19.4 Å². The van der Waals surface area contributed by atoms with Gasteiger partial charge < -0.3 is 4.74 Å². The molecule has 0 bridgehead atoms. The first-order valence-electron chi connectivity index (χ1n) is 4.59. The van der Waals surface area contributed by atoms with E-state index in [1.807, 2.05) is 33.8 Å². The summed E-state index contributed by atoms with van der Waals surface area (Å²) in [6, 6.07) is 0. The normalized spacial score (nSPS) is 11.3. The van der Waals surface area contributed by atoms with Crippen LogP contribution in [0, 0.1) is 0 Å². The summed E-state index contributed by atoms with van der Waals surface area (Å²) in [4.78, 5) is 0. The van der Waals surface area contributed by atoms with E-state index in [0.717, 1.165) is 5.57 Å². The zero-order valence-electron chi connectivity index (χ0n) is 9.55. The van der Waals surface area contributed by atoms with E-state index in [1.165, 1.54) is 0 Å². The molecule has 0 aliphatic carbocycles. The Bertz CT molecular complexity index is 176. The van der Waals surface area contributed by atoms with Gasteiger partial charge in [0.1, 0.15) is 0 Å². The molecule has 1 nitrogen and oxygen atoms in total. The van der Waals surface area contributed by atoms with Crippen molar-refractivity contribution in [2.24, 2.45) is 0 Å². The predicted molar refractivity (Wildman–Crippen MR) is 60.9 cm³/mol. The van der Waals surface area contributed by atoms with Crippen LogP contribution in [0.15, 0.2) is 37.0 Å². The van der Waals surface area contributed by atoms with E-state index in [0.29, 0.717) is 0 Å². The van der Waals surface area contributed by atoms with Crippen molar-refractivity contribution in [2.45, 2.75) is 33.3 Å². The molecule has 0 spiro atoms. The first kappa shape index (κ1) is 14.7. The van der Waals surface area contributed by atoms with Crippen molar-refractivity contribution in [3.8, 4) is 0 Å². The Hall–Kier alpha value is -0.820. The van der Waals surface area contributed by atoms with E-state index in [9.17, 15) is 0 Å². The van der Waals surface area contributed by atoms with Crippen LogP contribution in [-0.2, 0) is 4.74 Å². The predicted octanol–water partition coefficient (Wildman–Crippen LogP) is 3.74. The Labute approximate surface area is 82.8 Å². The summed E-state index contributed by atoms with van der Waals surface area (Å²) in [7, 11) is 1.68. The molecule has 0 aromatic rings. The third-order valence-electron chi connectivity index (χ3n) is 1.72. The zero-order valence-corrected chi connectivity index (χ0v) is 9.55. The lowest BCUT2D eigenvalue weighted by Gasteiger charge is -2.23. The van der Waals surface area contributed by atoms with Crippen molar-refractivity contribution in [1.29, 1.82) is 0 Å². The summed E-state index contributed by atoms with van der Waals surface area (Å²) in [5.74, 6) is 0. The molecule has 0 aliphatic heterocycles. The van der Waals surface area contributed by atoms with Gasteiger partial charge >= 0.3 is 0 Å². The van der Waals surface area contributed by atoms with Gasteiger partial charge in [0.2, 0.25) is 0 Å². The van der Waals surface area contributed by atoms with Crippen LogP contribution >= 0.6 is 0 Å². The van der Waals surface area contributed by atoms with Crippen molar-refractivity contribution in [1.82, 2.24) is 0 Å². The lowest BCUT2D eigenvalue weighted by Crippen LogP contribution is -2.24. The van der Waals surface area contributed by atoms with Crippen LogP contribution in [0.4, 0.5) is 0 Å². The van der Waals surface area contributed by atoms with Crippen LogP contribution in [0.3, 0.4) is 0 Å². The minimum atomic E-state index is -0.268. The number of ether oxygens (including phenoxy) is 1. The van der Waals surface area contributed by atoms with E-state index in [4.69, 9.17) is 4.74 Å². The maximum Gasteiger partial charge on any atom is 0.0871 e. The fourth-order valence-electron chi connectivity index (χ4n) is 0.759. The number of allylic oxidation sites excluding steroid dienone is 2. The van der Waals surface area contributed by atoms with Crippen molar-refractivity contribution in [2.75, 3.05) is 7.11 Å². The van der Waals surface area contributed by atoms with Gasteiger partial charge in [-0.25, -0.2) is 0 Å². The Morgan fingerprint density at radius 2 is 1.69 bits per heavy atom. The molecule has 13 heavy (non-hydrogen) atoms.